The summed E-state index contributed by atoms with van der Waals surface area (Å²) in [5, 5.41) is 13.9. The summed E-state index contributed by atoms with van der Waals surface area (Å²) in [7, 11) is 0. The summed E-state index contributed by atoms with van der Waals surface area (Å²) in [5.41, 5.74) is 1.13. The molecule has 22 heavy (non-hydrogen) atoms. The number of aromatic nitrogens is 1. The molecule has 3 nitrogen and oxygen atoms in total. The molecule has 0 saturated carbocycles. The van der Waals surface area contributed by atoms with Crippen LogP contribution in [-0.4, -0.2) is 33.7 Å². The fourth-order valence-electron chi connectivity index (χ4n) is 2.62. The molecule has 2 aromatic rings. The van der Waals surface area contributed by atoms with E-state index in [0.717, 1.165) is 29.2 Å². The Bertz CT molecular complexity index is 600. The average molecular weight is 318 g/mol. The number of pyridine rings is 1. The van der Waals surface area contributed by atoms with Crippen LogP contribution in [0.15, 0.2) is 48.7 Å². The lowest BCUT2D eigenvalue weighted by atomic mass is 9.99. The van der Waals surface area contributed by atoms with Gasteiger partial charge in [-0.2, -0.15) is 11.8 Å². The number of nitrogens with zero attached hydrogens (tertiary/aromatic N) is 1. The monoisotopic (exact) mass is 318 g/mol. The summed E-state index contributed by atoms with van der Waals surface area (Å²) in [6.07, 6.45) is 2.54. The molecule has 0 spiro atoms. The van der Waals surface area contributed by atoms with Gasteiger partial charge in [-0.1, -0.05) is 18.2 Å². The molecule has 2 N–H and O–H groups in total. The third kappa shape index (κ3) is 3.66. The molecule has 0 aliphatic carbocycles. The summed E-state index contributed by atoms with van der Waals surface area (Å²) in [6.45, 7) is 0.499. The molecule has 1 aliphatic heterocycles. The number of halogens is 1. The molecule has 0 radical (unpaired) electrons. The van der Waals surface area contributed by atoms with Gasteiger partial charge in [0.15, 0.2) is 0 Å². The summed E-state index contributed by atoms with van der Waals surface area (Å²) >= 11 is 1.77. The zero-order valence-corrected chi connectivity index (χ0v) is 13.0. The molecule has 1 saturated heterocycles. The van der Waals surface area contributed by atoms with Crippen molar-refractivity contribution < 1.29 is 9.50 Å². The highest BCUT2D eigenvalue weighted by Gasteiger charge is 2.32. The quantitative estimate of drug-likeness (QED) is 0.890. The predicted octanol–water partition coefficient (Wildman–Crippen LogP) is 2.77. The van der Waals surface area contributed by atoms with Crippen LogP contribution in [0, 0.1) is 5.82 Å². The zero-order chi connectivity index (χ0) is 15.4. The van der Waals surface area contributed by atoms with E-state index in [4.69, 9.17) is 0 Å². The second-order valence-electron chi connectivity index (χ2n) is 5.65. The number of benzene rings is 1. The highest BCUT2D eigenvalue weighted by Crippen LogP contribution is 2.29. The summed E-state index contributed by atoms with van der Waals surface area (Å²) in [5.74, 6) is 1.48. The third-order valence-corrected chi connectivity index (χ3v) is 5.14. The lowest BCUT2D eigenvalue weighted by molar-refractivity contribution is 0.0657. The first-order chi connectivity index (χ1) is 10.7. The van der Waals surface area contributed by atoms with E-state index in [1.54, 1.807) is 30.1 Å². The molecule has 3 rings (SSSR count). The van der Waals surface area contributed by atoms with Crippen molar-refractivity contribution in [2.45, 2.75) is 18.1 Å². The molecule has 2 atom stereocenters. The van der Waals surface area contributed by atoms with E-state index in [1.807, 2.05) is 18.2 Å². The maximum Gasteiger partial charge on any atom is 0.123 e. The van der Waals surface area contributed by atoms with Gasteiger partial charge in [-0.3, -0.25) is 4.98 Å². The number of aliphatic hydroxyl groups is 1. The highest BCUT2D eigenvalue weighted by atomic mass is 32.2. The van der Waals surface area contributed by atoms with Gasteiger partial charge in [-0.05, 0) is 42.0 Å². The third-order valence-electron chi connectivity index (χ3n) is 3.90. The standard InChI is InChI=1S/C17H19FN2OS/c18-14-6-4-13(5-7-14)16(15-3-1-2-9-19-15)20-11-17(21)8-10-22-12-17/h1-7,9,16,20-21H,8,10-12H2/t16-,17-/m0/s1. The molecule has 116 valence electrons. The molecule has 0 bridgehead atoms. The fourth-order valence-corrected chi connectivity index (χ4v) is 3.92. The molecule has 1 fully saturated rings. The second kappa shape index (κ2) is 6.77. The van der Waals surface area contributed by atoms with Crippen molar-refractivity contribution in [2.75, 3.05) is 18.1 Å². The SMILES string of the molecule is O[C@]1(CN[C@@H](c2ccc(F)cc2)c2ccccn2)CCSC1. The molecule has 0 unspecified atom stereocenters. The van der Waals surface area contributed by atoms with E-state index in [2.05, 4.69) is 10.3 Å². The van der Waals surface area contributed by atoms with Crippen LogP contribution in [0.25, 0.3) is 0 Å². The van der Waals surface area contributed by atoms with Gasteiger partial charge < -0.3 is 10.4 Å². The van der Waals surface area contributed by atoms with Gasteiger partial charge in [0.2, 0.25) is 0 Å². The van der Waals surface area contributed by atoms with E-state index in [9.17, 15) is 9.50 Å². The minimum atomic E-state index is -0.669. The Balaban J connectivity index is 1.81. The lowest BCUT2D eigenvalue weighted by Crippen LogP contribution is -2.42. The summed E-state index contributed by atoms with van der Waals surface area (Å²) < 4.78 is 13.2. The smallest absolute Gasteiger partial charge is 0.123 e. The van der Waals surface area contributed by atoms with E-state index in [1.165, 1.54) is 12.1 Å². The number of hydrogen-bond donors (Lipinski definition) is 2. The highest BCUT2D eigenvalue weighted by molar-refractivity contribution is 7.99. The van der Waals surface area contributed by atoms with Crippen molar-refractivity contribution in [3.63, 3.8) is 0 Å². The number of rotatable bonds is 5. The Morgan fingerprint density at radius 1 is 1.27 bits per heavy atom. The van der Waals surface area contributed by atoms with E-state index in [-0.39, 0.29) is 11.9 Å². The molecule has 1 aromatic heterocycles. The maximum absolute atomic E-state index is 13.2. The molecule has 2 heterocycles. The van der Waals surface area contributed by atoms with E-state index in [0.29, 0.717) is 6.54 Å². The van der Waals surface area contributed by atoms with Crippen LogP contribution in [0.4, 0.5) is 4.39 Å². The van der Waals surface area contributed by atoms with Gasteiger partial charge in [0, 0.05) is 18.5 Å². The summed E-state index contributed by atoms with van der Waals surface area (Å²) in [4.78, 5) is 4.40. The minimum absolute atomic E-state index is 0.156. The first-order valence-corrected chi connectivity index (χ1v) is 8.52. The normalized spacial score (nSPS) is 22.6. The first kappa shape index (κ1) is 15.5. The van der Waals surface area contributed by atoms with Crippen LogP contribution in [0.5, 0.6) is 0 Å². The Hall–Kier alpha value is -1.43. The van der Waals surface area contributed by atoms with Gasteiger partial charge in [-0.25, -0.2) is 4.39 Å². The maximum atomic E-state index is 13.2. The van der Waals surface area contributed by atoms with Crippen LogP contribution in [-0.2, 0) is 0 Å². The van der Waals surface area contributed by atoms with Gasteiger partial charge in [-0.15, -0.1) is 0 Å². The number of hydrogen-bond acceptors (Lipinski definition) is 4. The topological polar surface area (TPSA) is 45.1 Å². The molecular formula is C17H19FN2OS. The molecule has 1 aliphatic rings. The van der Waals surface area contributed by atoms with Crippen molar-refractivity contribution in [1.29, 1.82) is 0 Å². The minimum Gasteiger partial charge on any atom is -0.388 e. The first-order valence-electron chi connectivity index (χ1n) is 7.36. The molecule has 1 aromatic carbocycles. The van der Waals surface area contributed by atoms with Gasteiger partial charge in [0.05, 0.1) is 17.3 Å². The van der Waals surface area contributed by atoms with Crippen molar-refractivity contribution in [3.05, 3.63) is 65.7 Å². The van der Waals surface area contributed by atoms with Gasteiger partial charge in [0.25, 0.3) is 0 Å². The van der Waals surface area contributed by atoms with E-state index < -0.39 is 5.60 Å². The second-order valence-corrected chi connectivity index (χ2v) is 6.75. The van der Waals surface area contributed by atoms with Crippen molar-refractivity contribution in [2.24, 2.45) is 0 Å². The van der Waals surface area contributed by atoms with Crippen LogP contribution >= 0.6 is 11.8 Å². The lowest BCUT2D eigenvalue weighted by Gasteiger charge is -2.26. The Labute approximate surface area is 134 Å². The van der Waals surface area contributed by atoms with Crippen molar-refractivity contribution in [3.8, 4) is 0 Å². The number of nitrogens with one attached hydrogen (secondary N) is 1. The van der Waals surface area contributed by atoms with Gasteiger partial charge >= 0.3 is 0 Å². The Kier molecular flexibility index (Phi) is 4.76. The Morgan fingerprint density at radius 2 is 2.09 bits per heavy atom. The van der Waals surface area contributed by atoms with E-state index >= 15 is 0 Å². The molecule has 0 amide bonds. The van der Waals surface area contributed by atoms with Crippen molar-refractivity contribution >= 4 is 11.8 Å². The van der Waals surface area contributed by atoms with Crippen LogP contribution in [0.1, 0.15) is 23.7 Å². The zero-order valence-electron chi connectivity index (χ0n) is 12.2. The molecular weight excluding hydrogens is 299 g/mol. The van der Waals surface area contributed by atoms with Crippen LogP contribution in [0.2, 0.25) is 0 Å². The largest absolute Gasteiger partial charge is 0.388 e. The van der Waals surface area contributed by atoms with Crippen LogP contribution < -0.4 is 5.32 Å². The Morgan fingerprint density at radius 3 is 2.73 bits per heavy atom. The predicted molar refractivity (Wildman–Crippen MR) is 87.4 cm³/mol. The summed E-state index contributed by atoms with van der Waals surface area (Å²) in [6, 6.07) is 12.0. The number of thioether (sulfide) groups is 1. The fraction of sp³-hybridized carbons (Fsp3) is 0.353. The van der Waals surface area contributed by atoms with Crippen LogP contribution in [0.3, 0.4) is 0 Å². The van der Waals surface area contributed by atoms with Crippen molar-refractivity contribution in [1.82, 2.24) is 10.3 Å². The molecule has 5 heteroatoms. The average Bonchev–Trinajstić information content (AvgIpc) is 2.97. The van der Waals surface area contributed by atoms with Gasteiger partial charge in [0.1, 0.15) is 5.82 Å².